The van der Waals surface area contributed by atoms with Crippen molar-refractivity contribution in [1.82, 2.24) is 0 Å². The molecule has 2 amide bonds. The minimum Gasteiger partial charge on any atom is -0.456 e. The van der Waals surface area contributed by atoms with Gasteiger partial charge in [0.2, 0.25) is 5.91 Å². The molecule has 0 radical (unpaired) electrons. The maximum absolute atomic E-state index is 12.0. The number of rotatable bonds is 7. The molecular weight excluding hydrogens is 332 g/mol. The Morgan fingerprint density at radius 1 is 0.885 bits per heavy atom. The molecule has 6 heteroatoms. The number of aryl methyl sites for hydroxylation is 2. The van der Waals surface area contributed by atoms with Crippen LogP contribution in [0.1, 0.15) is 24.0 Å². The number of anilines is 2. The number of ether oxygens (including phenoxy) is 1. The molecule has 0 bridgehead atoms. The van der Waals surface area contributed by atoms with Gasteiger partial charge in [0.05, 0.1) is 6.42 Å². The predicted molar refractivity (Wildman–Crippen MR) is 99.8 cm³/mol. The Hall–Kier alpha value is -3.15. The first kappa shape index (κ1) is 19.2. The molecule has 0 unspecified atom stereocenters. The highest BCUT2D eigenvalue weighted by Gasteiger charge is 2.11. The quantitative estimate of drug-likeness (QED) is 0.748. The van der Waals surface area contributed by atoms with Crippen LogP contribution in [0.2, 0.25) is 0 Å². The molecule has 0 saturated carbocycles. The number of benzene rings is 2. The lowest BCUT2D eigenvalue weighted by Gasteiger charge is -2.09. The van der Waals surface area contributed by atoms with E-state index in [2.05, 4.69) is 10.6 Å². The number of hydrogen-bond donors (Lipinski definition) is 2. The van der Waals surface area contributed by atoms with Gasteiger partial charge < -0.3 is 15.4 Å². The van der Waals surface area contributed by atoms with Crippen molar-refractivity contribution in [3.05, 3.63) is 59.7 Å². The van der Waals surface area contributed by atoms with Crippen molar-refractivity contribution < 1.29 is 19.1 Å². The molecule has 0 heterocycles. The summed E-state index contributed by atoms with van der Waals surface area (Å²) in [5.41, 5.74) is 3.34. The van der Waals surface area contributed by atoms with Crippen LogP contribution in [0.4, 0.5) is 11.4 Å². The van der Waals surface area contributed by atoms with Gasteiger partial charge in [-0.15, -0.1) is 0 Å². The number of carbonyl (C=O) groups is 3. The molecule has 0 aliphatic heterocycles. The third-order valence-electron chi connectivity index (χ3n) is 3.65. The van der Waals surface area contributed by atoms with Crippen LogP contribution in [-0.4, -0.2) is 24.4 Å². The SMILES string of the molecule is Cc1ccc(C)c(NC(=O)CCC(=O)OCC(=O)Nc2ccccc2)c1. The summed E-state index contributed by atoms with van der Waals surface area (Å²) in [4.78, 5) is 35.4. The van der Waals surface area contributed by atoms with Crippen molar-refractivity contribution in [3.8, 4) is 0 Å². The zero-order valence-electron chi connectivity index (χ0n) is 14.9. The van der Waals surface area contributed by atoms with Crippen LogP contribution in [0.5, 0.6) is 0 Å². The molecule has 0 atom stereocenters. The summed E-state index contributed by atoms with van der Waals surface area (Å²) in [6.07, 6.45) is -0.0954. The summed E-state index contributed by atoms with van der Waals surface area (Å²) >= 11 is 0. The highest BCUT2D eigenvalue weighted by atomic mass is 16.5. The van der Waals surface area contributed by atoms with Crippen LogP contribution < -0.4 is 10.6 Å². The smallest absolute Gasteiger partial charge is 0.306 e. The Morgan fingerprint density at radius 2 is 1.62 bits per heavy atom. The van der Waals surface area contributed by atoms with Crippen molar-refractivity contribution in [1.29, 1.82) is 0 Å². The van der Waals surface area contributed by atoms with Crippen molar-refractivity contribution in [2.24, 2.45) is 0 Å². The summed E-state index contributed by atoms with van der Waals surface area (Å²) < 4.78 is 4.89. The molecule has 0 spiro atoms. The van der Waals surface area contributed by atoms with Gasteiger partial charge in [0.15, 0.2) is 6.61 Å². The molecular formula is C20H22N2O4. The molecule has 6 nitrogen and oxygen atoms in total. The Morgan fingerprint density at radius 3 is 2.35 bits per heavy atom. The first-order valence-corrected chi connectivity index (χ1v) is 8.31. The van der Waals surface area contributed by atoms with Crippen molar-refractivity contribution in [3.63, 3.8) is 0 Å². The van der Waals surface area contributed by atoms with E-state index in [1.807, 2.05) is 38.1 Å². The second-order valence-corrected chi connectivity index (χ2v) is 5.94. The lowest BCUT2D eigenvalue weighted by molar-refractivity contribution is -0.147. The first-order valence-electron chi connectivity index (χ1n) is 8.31. The standard InChI is InChI=1S/C20H22N2O4/c1-14-8-9-15(2)17(12-14)22-18(23)10-11-20(25)26-13-19(24)21-16-6-4-3-5-7-16/h3-9,12H,10-11,13H2,1-2H3,(H,21,24)(H,22,23). The van der Waals surface area contributed by atoms with Gasteiger partial charge in [0.1, 0.15) is 0 Å². The van der Waals surface area contributed by atoms with E-state index in [9.17, 15) is 14.4 Å². The minimum absolute atomic E-state index is 0.00742. The fraction of sp³-hybridized carbons (Fsp3) is 0.250. The average molecular weight is 354 g/mol. The summed E-state index contributed by atoms with van der Waals surface area (Å²) in [7, 11) is 0. The predicted octanol–water partition coefficient (Wildman–Crippen LogP) is 3.20. The molecule has 136 valence electrons. The normalized spacial score (nSPS) is 10.1. The first-order chi connectivity index (χ1) is 12.4. The third kappa shape index (κ3) is 6.39. The minimum atomic E-state index is -0.593. The second-order valence-electron chi connectivity index (χ2n) is 5.94. The molecule has 0 fully saturated rings. The Bertz CT molecular complexity index is 788. The summed E-state index contributed by atoms with van der Waals surface area (Å²) in [5.74, 6) is -1.29. The van der Waals surface area contributed by atoms with Crippen LogP contribution >= 0.6 is 0 Å². The van der Waals surface area contributed by atoms with Crippen LogP contribution in [0, 0.1) is 13.8 Å². The van der Waals surface area contributed by atoms with Gasteiger partial charge in [-0.05, 0) is 43.2 Å². The van der Waals surface area contributed by atoms with E-state index in [4.69, 9.17) is 4.74 Å². The molecule has 0 aromatic heterocycles. The lowest BCUT2D eigenvalue weighted by atomic mass is 10.1. The van der Waals surface area contributed by atoms with Gasteiger partial charge in [0, 0.05) is 17.8 Å². The van der Waals surface area contributed by atoms with Gasteiger partial charge >= 0.3 is 5.97 Å². The molecule has 0 aliphatic rings. The highest BCUT2D eigenvalue weighted by molar-refractivity contribution is 5.94. The van der Waals surface area contributed by atoms with Crippen LogP contribution in [0.15, 0.2) is 48.5 Å². The zero-order chi connectivity index (χ0) is 18.9. The fourth-order valence-corrected chi connectivity index (χ4v) is 2.24. The topological polar surface area (TPSA) is 84.5 Å². The van der Waals surface area contributed by atoms with Crippen LogP contribution in [-0.2, 0) is 19.1 Å². The molecule has 2 rings (SSSR count). The average Bonchev–Trinajstić information content (AvgIpc) is 2.62. The highest BCUT2D eigenvalue weighted by Crippen LogP contribution is 2.16. The van der Waals surface area contributed by atoms with Crippen molar-refractivity contribution in [2.75, 3.05) is 17.2 Å². The molecule has 2 aromatic carbocycles. The third-order valence-corrected chi connectivity index (χ3v) is 3.65. The van der Waals surface area contributed by atoms with Crippen molar-refractivity contribution >= 4 is 29.2 Å². The Labute approximate surface area is 152 Å². The molecule has 0 aliphatic carbocycles. The van der Waals surface area contributed by atoms with Gasteiger partial charge in [-0.2, -0.15) is 0 Å². The number of hydrogen-bond acceptors (Lipinski definition) is 4. The van der Waals surface area contributed by atoms with Crippen LogP contribution in [0.3, 0.4) is 0 Å². The Kier molecular flexibility index (Phi) is 6.91. The largest absolute Gasteiger partial charge is 0.456 e. The van der Waals surface area contributed by atoms with E-state index in [0.29, 0.717) is 5.69 Å². The molecule has 2 aromatic rings. The lowest BCUT2D eigenvalue weighted by Crippen LogP contribution is -2.21. The zero-order valence-corrected chi connectivity index (χ0v) is 14.9. The van der Waals surface area contributed by atoms with Gasteiger partial charge in [0.25, 0.3) is 5.91 Å². The second kappa shape index (κ2) is 9.36. The van der Waals surface area contributed by atoms with E-state index in [1.54, 1.807) is 24.3 Å². The molecule has 2 N–H and O–H groups in total. The fourth-order valence-electron chi connectivity index (χ4n) is 2.24. The molecule has 26 heavy (non-hydrogen) atoms. The van der Waals surface area contributed by atoms with Gasteiger partial charge in [-0.3, -0.25) is 14.4 Å². The number of carbonyl (C=O) groups excluding carboxylic acids is 3. The van der Waals surface area contributed by atoms with E-state index in [0.717, 1.165) is 16.8 Å². The summed E-state index contributed by atoms with van der Waals surface area (Å²) in [6, 6.07) is 14.6. The van der Waals surface area contributed by atoms with Gasteiger partial charge in [-0.1, -0.05) is 30.3 Å². The number of esters is 1. The number of para-hydroxylation sites is 1. The van der Waals surface area contributed by atoms with Gasteiger partial charge in [-0.25, -0.2) is 0 Å². The van der Waals surface area contributed by atoms with E-state index < -0.39 is 11.9 Å². The monoisotopic (exact) mass is 354 g/mol. The summed E-state index contributed by atoms with van der Waals surface area (Å²) in [5, 5.41) is 5.39. The maximum Gasteiger partial charge on any atom is 0.306 e. The van der Waals surface area contributed by atoms with E-state index in [-0.39, 0.29) is 25.4 Å². The number of nitrogens with one attached hydrogen (secondary N) is 2. The summed E-state index contributed by atoms with van der Waals surface area (Å²) in [6.45, 7) is 3.45. The Balaban J connectivity index is 1.70. The van der Waals surface area contributed by atoms with E-state index >= 15 is 0 Å². The van der Waals surface area contributed by atoms with Crippen molar-refractivity contribution in [2.45, 2.75) is 26.7 Å². The van der Waals surface area contributed by atoms with Crippen LogP contribution in [0.25, 0.3) is 0 Å². The maximum atomic E-state index is 12.0. The molecule has 0 saturated heterocycles. The van der Waals surface area contributed by atoms with E-state index in [1.165, 1.54) is 0 Å². The number of amides is 2.